The number of ketones is 1. The molecule has 8 nitrogen and oxygen atoms in total. The highest BCUT2D eigenvalue weighted by Gasteiger charge is 2.46. The van der Waals surface area contributed by atoms with Crippen molar-refractivity contribution in [1.29, 1.82) is 0 Å². The minimum absolute atomic E-state index is 0.0273. The number of likely N-dealkylation sites (tertiary alicyclic amines) is 1. The van der Waals surface area contributed by atoms with Crippen LogP contribution in [-0.2, 0) is 14.3 Å². The highest BCUT2D eigenvalue weighted by molar-refractivity contribution is 6.46. The molecule has 8 heteroatoms. The van der Waals surface area contributed by atoms with Crippen LogP contribution in [0.1, 0.15) is 44.4 Å². The maximum atomic E-state index is 13.2. The first kappa shape index (κ1) is 27.1. The van der Waals surface area contributed by atoms with Crippen LogP contribution in [0.4, 0.5) is 0 Å². The van der Waals surface area contributed by atoms with Crippen LogP contribution in [-0.4, -0.2) is 62.3 Å². The number of ether oxygens (including phenoxy) is 4. The Kier molecular flexibility index (Phi) is 9.36. The van der Waals surface area contributed by atoms with Crippen molar-refractivity contribution in [2.45, 2.75) is 33.2 Å². The van der Waals surface area contributed by atoms with E-state index < -0.39 is 17.7 Å². The van der Waals surface area contributed by atoms with Crippen LogP contribution < -0.4 is 14.2 Å². The van der Waals surface area contributed by atoms with Crippen LogP contribution >= 0.6 is 0 Å². The average Bonchev–Trinajstić information content (AvgIpc) is 3.13. The summed E-state index contributed by atoms with van der Waals surface area (Å²) in [4.78, 5) is 27.7. The normalized spacial score (nSPS) is 17.1. The molecule has 1 saturated heterocycles. The number of aliphatic hydroxyl groups excluding tert-OH is 1. The zero-order valence-electron chi connectivity index (χ0n) is 21.6. The summed E-state index contributed by atoms with van der Waals surface area (Å²) in [5.41, 5.74) is 1.08. The number of methoxy groups -OCH3 is 2. The number of amides is 1. The summed E-state index contributed by atoms with van der Waals surface area (Å²) in [6.45, 7) is 7.73. The van der Waals surface area contributed by atoms with Crippen LogP contribution in [0.5, 0.6) is 17.2 Å². The van der Waals surface area contributed by atoms with Crippen LogP contribution in [0.2, 0.25) is 0 Å². The SMILES string of the molecule is CCOc1ccc(C2/C(=C(\O)c3ccc(OCC(C)C)cc3)C(=O)C(=O)N2CCCOC)cc1OC. The van der Waals surface area contributed by atoms with Gasteiger partial charge < -0.3 is 29.0 Å². The van der Waals surface area contributed by atoms with Crippen LogP contribution in [0.15, 0.2) is 48.0 Å². The lowest BCUT2D eigenvalue weighted by Gasteiger charge is -2.26. The molecule has 1 aliphatic rings. The molecule has 2 aromatic rings. The Morgan fingerprint density at radius 2 is 1.75 bits per heavy atom. The predicted octanol–water partition coefficient (Wildman–Crippen LogP) is 4.59. The van der Waals surface area contributed by atoms with Gasteiger partial charge in [0.1, 0.15) is 11.5 Å². The molecule has 1 fully saturated rings. The number of Topliss-reactive ketones (excluding diaryl/α,β-unsaturated/α-hetero) is 1. The monoisotopic (exact) mass is 497 g/mol. The zero-order valence-corrected chi connectivity index (χ0v) is 21.6. The number of benzene rings is 2. The average molecular weight is 498 g/mol. The second-order valence-electron chi connectivity index (χ2n) is 8.91. The zero-order chi connectivity index (χ0) is 26.2. The van der Waals surface area contributed by atoms with Gasteiger partial charge in [-0.15, -0.1) is 0 Å². The fourth-order valence-electron chi connectivity index (χ4n) is 4.09. The second kappa shape index (κ2) is 12.4. The highest BCUT2D eigenvalue weighted by Crippen LogP contribution is 2.42. The predicted molar refractivity (Wildman–Crippen MR) is 136 cm³/mol. The fourth-order valence-corrected chi connectivity index (χ4v) is 4.09. The van der Waals surface area contributed by atoms with Gasteiger partial charge in [0.25, 0.3) is 11.7 Å². The number of hydrogen-bond acceptors (Lipinski definition) is 7. The minimum atomic E-state index is -0.789. The van der Waals surface area contributed by atoms with Gasteiger partial charge in [0.05, 0.1) is 31.9 Å². The molecule has 1 heterocycles. The summed E-state index contributed by atoms with van der Waals surface area (Å²) < 4.78 is 22.0. The Hall–Kier alpha value is -3.52. The van der Waals surface area contributed by atoms with Crippen molar-refractivity contribution < 1.29 is 33.6 Å². The molecule has 0 radical (unpaired) electrons. The van der Waals surface area contributed by atoms with E-state index in [0.717, 1.165) is 0 Å². The van der Waals surface area contributed by atoms with Gasteiger partial charge in [-0.25, -0.2) is 0 Å². The maximum absolute atomic E-state index is 13.2. The van der Waals surface area contributed by atoms with Crippen molar-refractivity contribution in [3.8, 4) is 17.2 Å². The van der Waals surface area contributed by atoms with Crippen molar-refractivity contribution >= 4 is 17.4 Å². The third-order valence-corrected chi connectivity index (χ3v) is 5.80. The van der Waals surface area contributed by atoms with Gasteiger partial charge in [0.2, 0.25) is 0 Å². The summed E-state index contributed by atoms with van der Waals surface area (Å²) in [5, 5.41) is 11.3. The summed E-state index contributed by atoms with van der Waals surface area (Å²) in [5.74, 6) is 0.424. The standard InChI is InChI=1S/C28H35NO7/c1-6-35-22-13-10-20(16-23(22)34-5)25-24(27(31)28(32)29(25)14-7-15-33-4)26(30)19-8-11-21(12-9-19)36-17-18(2)3/h8-13,16,18,25,30H,6-7,14-15,17H2,1-5H3/b26-24+. The molecular formula is C28H35NO7. The largest absolute Gasteiger partial charge is 0.507 e. The number of aliphatic hydroxyl groups is 1. The third-order valence-electron chi connectivity index (χ3n) is 5.80. The van der Waals surface area contributed by atoms with Gasteiger partial charge in [-0.3, -0.25) is 9.59 Å². The van der Waals surface area contributed by atoms with E-state index in [1.165, 1.54) is 12.0 Å². The van der Waals surface area contributed by atoms with E-state index in [0.29, 0.717) is 60.5 Å². The van der Waals surface area contributed by atoms with E-state index in [-0.39, 0.29) is 17.9 Å². The lowest BCUT2D eigenvalue weighted by atomic mass is 9.95. The minimum Gasteiger partial charge on any atom is -0.507 e. The Bertz CT molecular complexity index is 1090. The molecule has 0 saturated carbocycles. The molecule has 1 aliphatic heterocycles. The van der Waals surface area contributed by atoms with E-state index in [1.54, 1.807) is 49.6 Å². The first-order valence-corrected chi connectivity index (χ1v) is 12.1. The van der Waals surface area contributed by atoms with E-state index in [4.69, 9.17) is 18.9 Å². The molecular weight excluding hydrogens is 462 g/mol. The van der Waals surface area contributed by atoms with Gasteiger partial charge in [-0.2, -0.15) is 0 Å². The molecule has 2 aromatic carbocycles. The molecule has 36 heavy (non-hydrogen) atoms. The van der Waals surface area contributed by atoms with Crippen molar-refractivity contribution in [1.82, 2.24) is 4.90 Å². The Morgan fingerprint density at radius 3 is 2.36 bits per heavy atom. The van der Waals surface area contributed by atoms with Gasteiger partial charge in [0, 0.05) is 25.8 Å². The number of carbonyl (C=O) groups excluding carboxylic acids is 2. The van der Waals surface area contributed by atoms with Gasteiger partial charge in [0.15, 0.2) is 11.5 Å². The van der Waals surface area contributed by atoms with Gasteiger partial charge >= 0.3 is 0 Å². The quantitative estimate of drug-likeness (QED) is 0.198. The van der Waals surface area contributed by atoms with E-state index in [2.05, 4.69) is 13.8 Å². The van der Waals surface area contributed by atoms with Crippen molar-refractivity contribution in [2.24, 2.45) is 5.92 Å². The van der Waals surface area contributed by atoms with Gasteiger partial charge in [-0.1, -0.05) is 19.9 Å². The second-order valence-corrected chi connectivity index (χ2v) is 8.91. The highest BCUT2D eigenvalue weighted by atomic mass is 16.5. The number of nitrogens with zero attached hydrogens (tertiary/aromatic N) is 1. The van der Waals surface area contributed by atoms with Crippen LogP contribution in [0.3, 0.4) is 0 Å². The third kappa shape index (κ3) is 5.99. The van der Waals surface area contributed by atoms with E-state index in [9.17, 15) is 14.7 Å². The van der Waals surface area contributed by atoms with Gasteiger partial charge in [-0.05, 0) is 61.2 Å². The number of carbonyl (C=O) groups is 2. The summed E-state index contributed by atoms with van der Waals surface area (Å²) in [6, 6.07) is 11.3. The van der Waals surface area contributed by atoms with E-state index in [1.807, 2.05) is 6.92 Å². The molecule has 3 rings (SSSR count). The first-order valence-electron chi connectivity index (χ1n) is 12.1. The smallest absolute Gasteiger partial charge is 0.295 e. The Morgan fingerprint density at radius 1 is 1.03 bits per heavy atom. The molecule has 0 spiro atoms. The Labute approximate surface area is 212 Å². The summed E-state index contributed by atoms with van der Waals surface area (Å²) in [7, 11) is 3.11. The Balaban J connectivity index is 2.06. The number of rotatable bonds is 12. The van der Waals surface area contributed by atoms with Crippen molar-refractivity contribution in [3.05, 3.63) is 59.2 Å². The number of hydrogen-bond donors (Lipinski definition) is 1. The first-order chi connectivity index (χ1) is 17.3. The summed E-state index contributed by atoms with van der Waals surface area (Å²) in [6.07, 6.45) is 0.538. The van der Waals surface area contributed by atoms with Crippen molar-refractivity contribution in [3.63, 3.8) is 0 Å². The molecule has 1 amide bonds. The fraction of sp³-hybridized carbons (Fsp3) is 0.429. The van der Waals surface area contributed by atoms with E-state index >= 15 is 0 Å². The van der Waals surface area contributed by atoms with Crippen LogP contribution in [0, 0.1) is 5.92 Å². The van der Waals surface area contributed by atoms with Crippen molar-refractivity contribution in [2.75, 3.05) is 40.6 Å². The molecule has 0 aromatic heterocycles. The molecule has 0 aliphatic carbocycles. The topological polar surface area (TPSA) is 94.5 Å². The molecule has 1 N–H and O–H groups in total. The summed E-state index contributed by atoms with van der Waals surface area (Å²) >= 11 is 0. The molecule has 1 unspecified atom stereocenters. The lowest BCUT2D eigenvalue weighted by molar-refractivity contribution is -0.140. The van der Waals surface area contributed by atoms with Crippen LogP contribution in [0.25, 0.3) is 5.76 Å². The lowest BCUT2D eigenvalue weighted by Crippen LogP contribution is -2.31. The molecule has 194 valence electrons. The maximum Gasteiger partial charge on any atom is 0.295 e. The molecule has 1 atom stereocenters. The molecule has 0 bridgehead atoms.